The number of hydrogen-bond acceptors (Lipinski definition) is 4. The van der Waals surface area contributed by atoms with Crippen molar-refractivity contribution in [1.29, 1.82) is 0 Å². The van der Waals surface area contributed by atoms with Gasteiger partial charge in [0.15, 0.2) is 11.6 Å². The predicted molar refractivity (Wildman–Crippen MR) is 70.4 cm³/mol. The van der Waals surface area contributed by atoms with Gasteiger partial charge in [-0.15, -0.1) is 0 Å². The molecule has 0 amide bonds. The van der Waals surface area contributed by atoms with Crippen LogP contribution >= 0.6 is 11.6 Å². The summed E-state index contributed by atoms with van der Waals surface area (Å²) in [5, 5.41) is 3.13. The Hall–Kier alpha value is -0.940. The third-order valence-corrected chi connectivity index (χ3v) is 3.96. The van der Waals surface area contributed by atoms with E-state index in [1.165, 1.54) is 12.8 Å². The SMILES string of the molecule is CN(C)C1(CNc2nc(Cl)ncc2F)CCCC1. The average Bonchev–Trinajstić information content (AvgIpc) is 2.80. The zero-order chi connectivity index (χ0) is 13.2. The first-order valence-corrected chi connectivity index (χ1v) is 6.51. The Balaban J connectivity index is 2.08. The zero-order valence-corrected chi connectivity index (χ0v) is 11.5. The molecule has 0 atom stereocenters. The van der Waals surface area contributed by atoms with Crippen LogP contribution in [0, 0.1) is 5.82 Å². The van der Waals surface area contributed by atoms with Gasteiger partial charge >= 0.3 is 0 Å². The van der Waals surface area contributed by atoms with E-state index in [1.807, 2.05) is 0 Å². The van der Waals surface area contributed by atoms with Crippen LogP contribution in [0.25, 0.3) is 0 Å². The minimum atomic E-state index is -0.466. The third kappa shape index (κ3) is 2.72. The summed E-state index contributed by atoms with van der Waals surface area (Å²) in [6, 6.07) is 0. The number of likely N-dealkylation sites (N-methyl/N-ethyl adjacent to an activating group) is 1. The number of rotatable bonds is 4. The van der Waals surface area contributed by atoms with E-state index in [9.17, 15) is 4.39 Å². The summed E-state index contributed by atoms with van der Waals surface area (Å²) >= 11 is 5.67. The lowest BCUT2D eigenvalue weighted by Gasteiger charge is -2.36. The van der Waals surface area contributed by atoms with Crippen molar-refractivity contribution in [3.63, 3.8) is 0 Å². The lowest BCUT2D eigenvalue weighted by Crippen LogP contribution is -2.47. The maximum absolute atomic E-state index is 13.5. The first-order chi connectivity index (χ1) is 8.53. The highest BCUT2D eigenvalue weighted by molar-refractivity contribution is 6.28. The molecule has 1 aliphatic carbocycles. The quantitative estimate of drug-likeness (QED) is 0.856. The van der Waals surface area contributed by atoms with E-state index >= 15 is 0 Å². The van der Waals surface area contributed by atoms with Gasteiger partial charge in [-0.05, 0) is 38.5 Å². The Kier molecular flexibility index (Phi) is 4.02. The lowest BCUT2D eigenvalue weighted by atomic mass is 9.96. The molecule has 0 bridgehead atoms. The van der Waals surface area contributed by atoms with Crippen LogP contribution < -0.4 is 5.32 Å². The normalized spacial score (nSPS) is 18.3. The van der Waals surface area contributed by atoms with Crippen molar-refractivity contribution in [3.8, 4) is 0 Å². The monoisotopic (exact) mass is 272 g/mol. The molecule has 6 heteroatoms. The average molecular weight is 273 g/mol. The molecule has 1 saturated carbocycles. The molecule has 1 aliphatic rings. The van der Waals surface area contributed by atoms with Crippen molar-refractivity contribution in [2.75, 3.05) is 26.0 Å². The Morgan fingerprint density at radius 1 is 1.44 bits per heavy atom. The number of hydrogen-bond donors (Lipinski definition) is 1. The summed E-state index contributed by atoms with van der Waals surface area (Å²) < 4.78 is 13.5. The fourth-order valence-electron chi connectivity index (χ4n) is 2.53. The smallest absolute Gasteiger partial charge is 0.224 e. The fraction of sp³-hybridized carbons (Fsp3) is 0.667. The maximum Gasteiger partial charge on any atom is 0.224 e. The molecule has 1 N–H and O–H groups in total. The number of aromatic nitrogens is 2. The van der Waals surface area contributed by atoms with E-state index in [0.717, 1.165) is 19.0 Å². The minimum Gasteiger partial charge on any atom is -0.366 e. The van der Waals surface area contributed by atoms with Crippen molar-refractivity contribution in [2.45, 2.75) is 31.2 Å². The van der Waals surface area contributed by atoms with Crippen molar-refractivity contribution >= 4 is 17.4 Å². The lowest BCUT2D eigenvalue weighted by molar-refractivity contribution is 0.172. The van der Waals surface area contributed by atoms with Crippen molar-refractivity contribution in [1.82, 2.24) is 14.9 Å². The van der Waals surface area contributed by atoms with Gasteiger partial charge in [-0.25, -0.2) is 9.37 Å². The van der Waals surface area contributed by atoms with Gasteiger partial charge in [-0.3, -0.25) is 0 Å². The van der Waals surface area contributed by atoms with Crippen LogP contribution in [0.4, 0.5) is 10.2 Å². The molecule has 4 nitrogen and oxygen atoms in total. The fourth-order valence-corrected chi connectivity index (χ4v) is 2.67. The molecule has 0 aromatic carbocycles. The van der Waals surface area contributed by atoms with Gasteiger partial charge in [-0.1, -0.05) is 12.8 Å². The second-order valence-electron chi connectivity index (χ2n) is 5.02. The van der Waals surface area contributed by atoms with Gasteiger partial charge in [-0.2, -0.15) is 4.98 Å². The molecular weight excluding hydrogens is 255 g/mol. The third-order valence-electron chi connectivity index (χ3n) is 3.78. The molecule has 0 aliphatic heterocycles. The Labute approximate surface area is 112 Å². The van der Waals surface area contributed by atoms with Crippen LogP contribution in [0.2, 0.25) is 5.28 Å². The topological polar surface area (TPSA) is 41.0 Å². The molecule has 0 saturated heterocycles. The number of nitrogens with one attached hydrogen (secondary N) is 1. The molecule has 0 radical (unpaired) electrons. The first kappa shape index (κ1) is 13.5. The van der Waals surface area contributed by atoms with Crippen molar-refractivity contribution in [2.24, 2.45) is 0 Å². The molecule has 0 unspecified atom stereocenters. The molecule has 2 rings (SSSR count). The van der Waals surface area contributed by atoms with Gasteiger partial charge in [0.25, 0.3) is 0 Å². The van der Waals surface area contributed by atoms with Crippen LogP contribution in [0.1, 0.15) is 25.7 Å². The molecule has 100 valence electrons. The van der Waals surface area contributed by atoms with Gasteiger partial charge in [0.05, 0.1) is 6.20 Å². The Morgan fingerprint density at radius 2 is 2.11 bits per heavy atom. The summed E-state index contributed by atoms with van der Waals surface area (Å²) in [6.07, 6.45) is 5.76. The van der Waals surface area contributed by atoms with Crippen LogP contribution in [0.3, 0.4) is 0 Å². The standard InChI is InChI=1S/C12H18ClFN4/c1-18(2)12(5-3-4-6-12)8-16-10-9(14)7-15-11(13)17-10/h7H,3-6,8H2,1-2H3,(H,15,16,17). The molecule has 1 heterocycles. The number of halogens is 2. The van der Waals surface area contributed by atoms with Crippen molar-refractivity contribution < 1.29 is 4.39 Å². The summed E-state index contributed by atoms with van der Waals surface area (Å²) in [5.74, 6) is -0.283. The van der Waals surface area contributed by atoms with E-state index in [2.05, 4.69) is 34.3 Å². The largest absolute Gasteiger partial charge is 0.366 e. The predicted octanol–water partition coefficient (Wildman–Crippen LogP) is 2.56. The molecule has 0 spiro atoms. The van der Waals surface area contributed by atoms with E-state index < -0.39 is 5.82 Å². The Morgan fingerprint density at radius 3 is 2.72 bits per heavy atom. The van der Waals surface area contributed by atoms with Gasteiger partial charge in [0, 0.05) is 12.1 Å². The van der Waals surface area contributed by atoms with Crippen LogP contribution in [0.5, 0.6) is 0 Å². The van der Waals surface area contributed by atoms with E-state index in [-0.39, 0.29) is 16.6 Å². The molecule has 1 aromatic heterocycles. The van der Waals surface area contributed by atoms with Crippen LogP contribution in [-0.4, -0.2) is 41.0 Å². The number of nitrogens with zero attached hydrogens (tertiary/aromatic N) is 3. The molecule has 18 heavy (non-hydrogen) atoms. The van der Waals surface area contributed by atoms with Crippen molar-refractivity contribution in [3.05, 3.63) is 17.3 Å². The molecular formula is C12H18ClFN4. The molecule has 1 fully saturated rings. The van der Waals surface area contributed by atoms with E-state index in [1.54, 1.807) is 0 Å². The first-order valence-electron chi connectivity index (χ1n) is 6.13. The highest BCUT2D eigenvalue weighted by atomic mass is 35.5. The van der Waals surface area contributed by atoms with E-state index in [0.29, 0.717) is 6.54 Å². The number of anilines is 1. The maximum atomic E-state index is 13.5. The summed E-state index contributed by atoms with van der Waals surface area (Å²) in [5.41, 5.74) is 0.0872. The highest BCUT2D eigenvalue weighted by Crippen LogP contribution is 2.33. The summed E-state index contributed by atoms with van der Waals surface area (Å²) in [6.45, 7) is 0.671. The summed E-state index contributed by atoms with van der Waals surface area (Å²) in [7, 11) is 4.13. The molecule has 1 aromatic rings. The summed E-state index contributed by atoms with van der Waals surface area (Å²) in [4.78, 5) is 9.69. The van der Waals surface area contributed by atoms with Crippen LogP contribution in [-0.2, 0) is 0 Å². The van der Waals surface area contributed by atoms with Gasteiger partial charge in [0.2, 0.25) is 5.28 Å². The Bertz CT molecular complexity index is 419. The van der Waals surface area contributed by atoms with E-state index in [4.69, 9.17) is 11.6 Å². The second-order valence-corrected chi connectivity index (χ2v) is 5.35. The minimum absolute atomic E-state index is 0.0595. The zero-order valence-electron chi connectivity index (χ0n) is 10.7. The second kappa shape index (κ2) is 5.36. The van der Waals surface area contributed by atoms with Crippen LogP contribution in [0.15, 0.2) is 6.20 Å². The highest BCUT2D eigenvalue weighted by Gasteiger charge is 2.35. The van der Waals surface area contributed by atoms with Gasteiger partial charge < -0.3 is 10.2 Å². The van der Waals surface area contributed by atoms with Gasteiger partial charge in [0.1, 0.15) is 0 Å².